The Morgan fingerprint density at radius 2 is 2.09 bits per heavy atom. The van der Waals surface area contributed by atoms with Crippen LogP contribution in [0.15, 0.2) is 41.3 Å². The fourth-order valence-electron chi connectivity index (χ4n) is 3.15. The predicted molar refractivity (Wildman–Crippen MR) is 85.8 cm³/mol. The first kappa shape index (κ1) is 15.5. The number of aromatic nitrogens is 1. The monoisotopic (exact) mass is 314 g/mol. The zero-order chi connectivity index (χ0) is 16.6. The maximum atomic E-state index is 14.0. The van der Waals surface area contributed by atoms with Crippen LogP contribution in [0, 0.1) is 11.7 Å². The average molecular weight is 314 g/mol. The molecule has 1 N–H and O–H groups in total. The molecule has 1 aliphatic rings. The number of nitrogens with zero attached hydrogens (tertiary/aromatic N) is 1. The molecule has 1 aromatic carbocycles. The van der Waals surface area contributed by atoms with E-state index in [4.69, 9.17) is 0 Å². The third-order valence-corrected chi connectivity index (χ3v) is 4.54. The Morgan fingerprint density at radius 1 is 1.30 bits per heavy atom. The van der Waals surface area contributed by atoms with E-state index in [2.05, 4.69) is 12.2 Å². The van der Waals surface area contributed by atoms with Gasteiger partial charge in [-0.25, -0.2) is 4.39 Å². The maximum absolute atomic E-state index is 14.0. The molecule has 1 heterocycles. The minimum Gasteiger partial charge on any atom is -0.345 e. The van der Waals surface area contributed by atoms with Crippen LogP contribution in [-0.4, -0.2) is 10.5 Å². The first-order valence-corrected chi connectivity index (χ1v) is 7.72. The molecule has 1 aliphatic carbocycles. The third kappa shape index (κ3) is 2.91. The van der Waals surface area contributed by atoms with Gasteiger partial charge in [0.25, 0.3) is 5.91 Å². The molecular weight excluding hydrogens is 295 g/mol. The van der Waals surface area contributed by atoms with Crippen molar-refractivity contribution < 1.29 is 9.18 Å². The lowest BCUT2D eigenvalue weighted by Crippen LogP contribution is -2.36. The molecule has 0 spiro atoms. The quantitative estimate of drug-likeness (QED) is 0.926. The van der Waals surface area contributed by atoms with Gasteiger partial charge < -0.3 is 9.88 Å². The van der Waals surface area contributed by atoms with Crippen LogP contribution in [0.25, 0.3) is 0 Å². The van der Waals surface area contributed by atoms with Crippen LogP contribution >= 0.6 is 0 Å². The SMILES string of the molecule is C[C@H]1CCc2c(F)cccc2[C@H]1NC(=O)c1ccc(=O)n(C)c1. The summed E-state index contributed by atoms with van der Waals surface area (Å²) in [5.41, 5.74) is 1.79. The molecule has 5 heteroatoms. The number of nitrogens with one attached hydrogen (secondary N) is 1. The Balaban J connectivity index is 1.90. The van der Waals surface area contributed by atoms with Crippen molar-refractivity contribution in [3.05, 3.63) is 69.4 Å². The summed E-state index contributed by atoms with van der Waals surface area (Å²) in [6.07, 6.45) is 3.03. The highest BCUT2D eigenvalue weighted by atomic mass is 19.1. The smallest absolute Gasteiger partial charge is 0.253 e. The second-order valence-corrected chi connectivity index (χ2v) is 6.14. The van der Waals surface area contributed by atoms with Crippen LogP contribution in [-0.2, 0) is 13.5 Å². The molecular formula is C18H19FN2O2. The third-order valence-electron chi connectivity index (χ3n) is 4.54. The molecule has 120 valence electrons. The van der Waals surface area contributed by atoms with Gasteiger partial charge in [-0.15, -0.1) is 0 Å². The number of rotatable bonds is 2. The summed E-state index contributed by atoms with van der Waals surface area (Å²) in [6.45, 7) is 2.06. The van der Waals surface area contributed by atoms with Gasteiger partial charge in [-0.2, -0.15) is 0 Å². The zero-order valence-corrected chi connectivity index (χ0v) is 13.2. The van der Waals surface area contributed by atoms with Crippen LogP contribution in [0.5, 0.6) is 0 Å². The van der Waals surface area contributed by atoms with E-state index in [1.807, 2.05) is 6.07 Å². The molecule has 0 saturated heterocycles. The van der Waals surface area contributed by atoms with Crippen molar-refractivity contribution >= 4 is 5.91 Å². The molecule has 3 rings (SSSR count). The number of pyridine rings is 1. The molecule has 23 heavy (non-hydrogen) atoms. The van der Waals surface area contributed by atoms with Gasteiger partial charge in [-0.1, -0.05) is 19.1 Å². The lowest BCUT2D eigenvalue weighted by Gasteiger charge is -2.32. The highest BCUT2D eigenvalue weighted by molar-refractivity contribution is 5.94. The number of hydrogen-bond donors (Lipinski definition) is 1. The van der Waals surface area contributed by atoms with E-state index in [-0.39, 0.29) is 29.2 Å². The van der Waals surface area contributed by atoms with Gasteiger partial charge in [0.05, 0.1) is 11.6 Å². The van der Waals surface area contributed by atoms with Gasteiger partial charge in [0.2, 0.25) is 5.56 Å². The number of carbonyl (C=O) groups is 1. The van der Waals surface area contributed by atoms with E-state index >= 15 is 0 Å². The van der Waals surface area contributed by atoms with Gasteiger partial charge in [-0.3, -0.25) is 9.59 Å². The Morgan fingerprint density at radius 3 is 2.83 bits per heavy atom. The molecule has 0 unspecified atom stereocenters. The number of halogens is 1. The Hall–Kier alpha value is -2.43. The van der Waals surface area contributed by atoms with Gasteiger partial charge in [0.15, 0.2) is 0 Å². The van der Waals surface area contributed by atoms with Crippen molar-refractivity contribution in [1.82, 2.24) is 9.88 Å². The Kier molecular flexibility index (Phi) is 4.03. The van der Waals surface area contributed by atoms with E-state index in [9.17, 15) is 14.0 Å². The topological polar surface area (TPSA) is 51.1 Å². The average Bonchev–Trinajstić information content (AvgIpc) is 2.53. The summed E-state index contributed by atoms with van der Waals surface area (Å²) in [5, 5.41) is 2.99. The number of hydrogen-bond acceptors (Lipinski definition) is 2. The van der Waals surface area contributed by atoms with Gasteiger partial charge >= 0.3 is 0 Å². The van der Waals surface area contributed by atoms with Crippen LogP contribution in [0.1, 0.15) is 40.9 Å². The highest BCUT2D eigenvalue weighted by Gasteiger charge is 2.29. The molecule has 0 saturated carbocycles. The summed E-state index contributed by atoms with van der Waals surface area (Å²) in [4.78, 5) is 23.9. The number of carbonyl (C=O) groups excluding carboxylic acids is 1. The molecule has 1 amide bonds. The molecule has 1 aromatic heterocycles. The van der Waals surface area contributed by atoms with Crippen molar-refractivity contribution in [3.63, 3.8) is 0 Å². The van der Waals surface area contributed by atoms with Crippen molar-refractivity contribution in [3.8, 4) is 0 Å². The van der Waals surface area contributed by atoms with E-state index in [1.54, 1.807) is 13.1 Å². The first-order valence-electron chi connectivity index (χ1n) is 7.72. The van der Waals surface area contributed by atoms with E-state index in [0.717, 1.165) is 12.0 Å². The van der Waals surface area contributed by atoms with Gasteiger partial charge in [0.1, 0.15) is 5.82 Å². The second kappa shape index (κ2) is 5.99. The summed E-state index contributed by atoms with van der Waals surface area (Å²) < 4.78 is 15.3. The first-order chi connectivity index (χ1) is 11.0. The number of fused-ring (bicyclic) bond motifs is 1. The molecule has 4 nitrogen and oxygen atoms in total. The van der Waals surface area contributed by atoms with Gasteiger partial charge in [0, 0.05) is 19.3 Å². The number of benzene rings is 1. The van der Waals surface area contributed by atoms with Crippen molar-refractivity contribution in [1.29, 1.82) is 0 Å². The Bertz CT molecular complexity index is 813. The molecule has 0 radical (unpaired) electrons. The molecule has 2 atom stereocenters. The number of amides is 1. The lowest BCUT2D eigenvalue weighted by molar-refractivity contribution is 0.0918. The van der Waals surface area contributed by atoms with Crippen LogP contribution in [0.2, 0.25) is 0 Å². The largest absolute Gasteiger partial charge is 0.345 e. The maximum Gasteiger partial charge on any atom is 0.253 e. The summed E-state index contributed by atoms with van der Waals surface area (Å²) in [7, 11) is 1.60. The lowest BCUT2D eigenvalue weighted by atomic mass is 9.80. The highest BCUT2D eigenvalue weighted by Crippen LogP contribution is 2.35. The van der Waals surface area contributed by atoms with Gasteiger partial charge in [-0.05, 0) is 42.0 Å². The fourth-order valence-corrected chi connectivity index (χ4v) is 3.15. The van der Waals surface area contributed by atoms with Crippen molar-refractivity contribution in [2.75, 3.05) is 0 Å². The molecule has 0 aliphatic heterocycles. The fraction of sp³-hybridized carbons (Fsp3) is 0.333. The normalized spacial score (nSPS) is 20.0. The standard InChI is InChI=1S/C18H19FN2O2/c1-11-6-8-13-14(4-3-5-15(13)19)17(11)20-18(23)12-7-9-16(22)21(2)10-12/h3-5,7,9-11,17H,6,8H2,1-2H3,(H,20,23)/t11-,17-/m0/s1. The van der Waals surface area contributed by atoms with Crippen molar-refractivity contribution in [2.24, 2.45) is 13.0 Å². The van der Waals surface area contributed by atoms with E-state index in [0.29, 0.717) is 17.5 Å². The minimum atomic E-state index is -0.255. The summed E-state index contributed by atoms with van der Waals surface area (Å²) >= 11 is 0. The zero-order valence-electron chi connectivity index (χ0n) is 13.2. The van der Waals surface area contributed by atoms with E-state index < -0.39 is 0 Å². The summed E-state index contributed by atoms with van der Waals surface area (Å²) in [5.74, 6) is -0.244. The summed E-state index contributed by atoms with van der Waals surface area (Å²) in [6, 6.07) is 7.67. The van der Waals surface area contributed by atoms with Crippen molar-refractivity contribution in [2.45, 2.75) is 25.8 Å². The second-order valence-electron chi connectivity index (χ2n) is 6.14. The molecule has 0 bridgehead atoms. The Labute approximate surface area is 134 Å². The number of aryl methyl sites for hydroxylation is 1. The van der Waals surface area contributed by atoms with E-state index in [1.165, 1.54) is 29.0 Å². The van der Waals surface area contributed by atoms with Crippen LogP contribution in [0.4, 0.5) is 4.39 Å². The van der Waals surface area contributed by atoms with Crippen LogP contribution in [0.3, 0.4) is 0 Å². The predicted octanol–water partition coefficient (Wildman–Crippen LogP) is 2.58. The minimum absolute atomic E-state index is 0.167. The molecule has 0 fully saturated rings. The molecule has 2 aromatic rings. The van der Waals surface area contributed by atoms with Crippen LogP contribution < -0.4 is 10.9 Å².